The Hall–Kier alpha value is -1.45. The molecular formula is C13H15F2NO. The third-order valence-electron chi connectivity index (χ3n) is 3.22. The normalized spacial score (nSPS) is 20.6. The SMILES string of the molecule is C[C@@H]1CCCN1C(=O)C(F)(F)c1ccccc1. The zero-order chi connectivity index (χ0) is 12.5. The molecule has 0 bridgehead atoms. The first-order valence-corrected chi connectivity index (χ1v) is 5.78. The van der Waals surface area contributed by atoms with E-state index in [1.165, 1.54) is 29.2 Å². The van der Waals surface area contributed by atoms with Crippen LogP contribution in [0.4, 0.5) is 8.78 Å². The quantitative estimate of drug-likeness (QED) is 0.777. The molecule has 1 saturated heterocycles. The molecule has 1 aromatic rings. The second-order valence-electron chi connectivity index (χ2n) is 4.43. The second kappa shape index (κ2) is 4.43. The van der Waals surface area contributed by atoms with Crippen LogP contribution in [0.25, 0.3) is 0 Å². The lowest BCUT2D eigenvalue weighted by Crippen LogP contribution is -2.43. The number of alkyl halides is 2. The number of carbonyl (C=O) groups is 1. The summed E-state index contributed by atoms with van der Waals surface area (Å²) in [7, 11) is 0. The van der Waals surface area contributed by atoms with Crippen molar-refractivity contribution in [2.45, 2.75) is 31.7 Å². The molecule has 0 aliphatic carbocycles. The van der Waals surface area contributed by atoms with Gasteiger partial charge in [-0.05, 0) is 19.8 Å². The lowest BCUT2D eigenvalue weighted by molar-refractivity contribution is -0.159. The van der Waals surface area contributed by atoms with E-state index in [1.807, 2.05) is 6.92 Å². The first-order chi connectivity index (χ1) is 8.03. The molecule has 0 spiro atoms. The fraction of sp³-hybridized carbons (Fsp3) is 0.462. The molecular weight excluding hydrogens is 224 g/mol. The fourth-order valence-corrected chi connectivity index (χ4v) is 2.19. The number of hydrogen-bond acceptors (Lipinski definition) is 1. The number of hydrogen-bond donors (Lipinski definition) is 0. The number of benzene rings is 1. The highest BCUT2D eigenvalue weighted by Gasteiger charge is 2.45. The van der Waals surface area contributed by atoms with Crippen LogP contribution in [0.5, 0.6) is 0 Å². The Balaban J connectivity index is 2.23. The molecule has 4 heteroatoms. The van der Waals surface area contributed by atoms with Gasteiger partial charge < -0.3 is 4.90 Å². The Bertz CT molecular complexity index is 405. The molecule has 0 aromatic heterocycles. The van der Waals surface area contributed by atoms with Gasteiger partial charge in [0, 0.05) is 18.2 Å². The molecule has 1 amide bonds. The molecule has 17 heavy (non-hydrogen) atoms. The highest BCUT2D eigenvalue weighted by atomic mass is 19.3. The third kappa shape index (κ3) is 2.16. The van der Waals surface area contributed by atoms with Crippen molar-refractivity contribution in [1.29, 1.82) is 0 Å². The van der Waals surface area contributed by atoms with Crippen molar-refractivity contribution in [3.8, 4) is 0 Å². The van der Waals surface area contributed by atoms with Crippen molar-refractivity contribution >= 4 is 5.91 Å². The summed E-state index contributed by atoms with van der Waals surface area (Å²) in [6, 6.07) is 7.19. The monoisotopic (exact) mass is 239 g/mol. The molecule has 0 unspecified atom stereocenters. The number of carbonyl (C=O) groups excluding carboxylic acids is 1. The topological polar surface area (TPSA) is 20.3 Å². The van der Waals surface area contributed by atoms with Gasteiger partial charge in [-0.25, -0.2) is 0 Å². The number of amides is 1. The highest BCUT2D eigenvalue weighted by Crippen LogP contribution is 2.32. The predicted octanol–water partition coefficient (Wildman–Crippen LogP) is 2.79. The fourth-order valence-electron chi connectivity index (χ4n) is 2.19. The van der Waals surface area contributed by atoms with Crippen molar-refractivity contribution in [1.82, 2.24) is 4.90 Å². The van der Waals surface area contributed by atoms with Crippen LogP contribution < -0.4 is 0 Å². The van der Waals surface area contributed by atoms with E-state index in [9.17, 15) is 13.6 Å². The van der Waals surface area contributed by atoms with Crippen molar-refractivity contribution in [2.75, 3.05) is 6.54 Å². The van der Waals surface area contributed by atoms with Gasteiger partial charge >= 0.3 is 5.92 Å². The van der Waals surface area contributed by atoms with Crippen LogP contribution in [0.1, 0.15) is 25.3 Å². The lowest BCUT2D eigenvalue weighted by Gasteiger charge is -2.26. The molecule has 0 saturated carbocycles. The van der Waals surface area contributed by atoms with Gasteiger partial charge in [0.2, 0.25) is 0 Å². The van der Waals surface area contributed by atoms with Gasteiger partial charge in [-0.2, -0.15) is 8.78 Å². The van der Waals surface area contributed by atoms with E-state index in [2.05, 4.69) is 0 Å². The molecule has 1 fully saturated rings. The van der Waals surface area contributed by atoms with Crippen molar-refractivity contribution < 1.29 is 13.6 Å². The Kier molecular flexibility index (Phi) is 3.13. The molecule has 1 aliphatic rings. The van der Waals surface area contributed by atoms with Gasteiger partial charge in [0.05, 0.1) is 0 Å². The minimum Gasteiger partial charge on any atom is -0.334 e. The molecule has 1 aromatic carbocycles. The molecule has 1 heterocycles. The number of likely N-dealkylation sites (tertiary alicyclic amines) is 1. The van der Waals surface area contributed by atoms with Gasteiger partial charge in [-0.3, -0.25) is 4.79 Å². The van der Waals surface area contributed by atoms with E-state index in [0.29, 0.717) is 6.54 Å². The summed E-state index contributed by atoms with van der Waals surface area (Å²) < 4.78 is 28.0. The minimum atomic E-state index is -3.42. The Morgan fingerprint density at radius 3 is 2.53 bits per heavy atom. The summed E-state index contributed by atoms with van der Waals surface area (Å²) in [5, 5.41) is 0. The van der Waals surface area contributed by atoms with Gasteiger partial charge in [0.1, 0.15) is 0 Å². The van der Waals surface area contributed by atoms with Crippen LogP contribution in [0, 0.1) is 0 Å². The molecule has 2 nitrogen and oxygen atoms in total. The zero-order valence-corrected chi connectivity index (χ0v) is 9.70. The predicted molar refractivity (Wildman–Crippen MR) is 60.7 cm³/mol. The Morgan fingerprint density at radius 2 is 2.00 bits per heavy atom. The van der Waals surface area contributed by atoms with Crippen LogP contribution >= 0.6 is 0 Å². The average Bonchev–Trinajstić information content (AvgIpc) is 2.75. The number of rotatable bonds is 2. The van der Waals surface area contributed by atoms with E-state index >= 15 is 0 Å². The maximum atomic E-state index is 14.0. The van der Waals surface area contributed by atoms with E-state index < -0.39 is 11.8 Å². The van der Waals surface area contributed by atoms with Gasteiger partial charge in [0.15, 0.2) is 0 Å². The van der Waals surface area contributed by atoms with E-state index in [-0.39, 0.29) is 11.6 Å². The van der Waals surface area contributed by atoms with Gasteiger partial charge in [-0.1, -0.05) is 30.3 Å². The zero-order valence-electron chi connectivity index (χ0n) is 9.70. The Labute approximate surface area is 99.2 Å². The molecule has 1 atom stereocenters. The van der Waals surface area contributed by atoms with Crippen LogP contribution in [0.15, 0.2) is 30.3 Å². The van der Waals surface area contributed by atoms with Crippen molar-refractivity contribution in [3.63, 3.8) is 0 Å². The summed E-state index contributed by atoms with van der Waals surface area (Å²) in [4.78, 5) is 13.1. The highest BCUT2D eigenvalue weighted by molar-refractivity contribution is 5.85. The molecule has 1 aliphatic heterocycles. The smallest absolute Gasteiger partial charge is 0.334 e. The second-order valence-corrected chi connectivity index (χ2v) is 4.43. The summed E-state index contributed by atoms with van der Waals surface area (Å²) in [5.74, 6) is -4.49. The maximum absolute atomic E-state index is 14.0. The van der Waals surface area contributed by atoms with E-state index in [0.717, 1.165) is 12.8 Å². The van der Waals surface area contributed by atoms with Gasteiger partial charge in [0.25, 0.3) is 5.91 Å². The first kappa shape index (κ1) is 12.0. The van der Waals surface area contributed by atoms with Gasteiger partial charge in [-0.15, -0.1) is 0 Å². The summed E-state index contributed by atoms with van der Waals surface area (Å²) in [5.41, 5.74) is -0.232. The standard InChI is InChI=1S/C13H15F2NO/c1-10-6-5-9-16(10)12(17)13(14,15)11-7-3-2-4-8-11/h2-4,7-8,10H,5-6,9H2,1H3/t10-/m1/s1. The Morgan fingerprint density at radius 1 is 1.35 bits per heavy atom. The summed E-state index contributed by atoms with van der Waals surface area (Å²) in [6.45, 7) is 2.24. The average molecular weight is 239 g/mol. The number of halogens is 2. The summed E-state index contributed by atoms with van der Waals surface area (Å²) >= 11 is 0. The van der Waals surface area contributed by atoms with E-state index in [1.54, 1.807) is 6.07 Å². The van der Waals surface area contributed by atoms with Crippen molar-refractivity contribution in [2.24, 2.45) is 0 Å². The largest absolute Gasteiger partial charge is 0.349 e. The molecule has 92 valence electrons. The number of nitrogens with zero attached hydrogens (tertiary/aromatic N) is 1. The van der Waals surface area contributed by atoms with Crippen LogP contribution in [0.3, 0.4) is 0 Å². The maximum Gasteiger partial charge on any atom is 0.349 e. The van der Waals surface area contributed by atoms with Crippen LogP contribution in [-0.2, 0) is 10.7 Å². The molecule has 2 rings (SSSR count). The molecule has 0 radical (unpaired) electrons. The van der Waals surface area contributed by atoms with Crippen molar-refractivity contribution in [3.05, 3.63) is 35.9 Å². The lowest BCUT2D eigenvalue weighted by atomic mass is 10.1. The van der Waals surface area contributed by atoms with Crippen LogP contribution in [-0.4, -0.2) is 23.4 Å². The third-order valence-corrected chi connectivity index (χ3v) is 3.22. The van der Waals surface area contributed by atoms with Crippen LogP contribution in [0.2, 0.25) is 0 Å². The van der Waals surface area contributed by atoms with E-state index in [4.69, 9.17) is 0 Å². The first-order valence-electron chi connectivity index (χ1n) is 5.78. The molecule has 0 N–H and O–H groups in total. The summed E-state index contributed by atoms with van der Waals surface area (Å²) in [6.07, 6.45) is 1.61. The minimum absolute atomic E-state index is 0.0860.